The Morgan fingerprint density at radius 1 is 0.634 bits per heavy atom. The number of halogens is 12. The molecule has 0 spiro atoms. The molecular weight excluding hydrogens is 675 g/mol. The molecule has 0 N–H and O–H groups in total. The SMILES string of the molecule is CC(C)(C)c1cc2c(cc1F)-c1cc(F)c(C(C)(C)C)cc1[Se]2(OS(=O)(=O)C(F)(F)F)C(F)(F)C(F)(F)C(F)(F)F. The Balaban J connectivity index is 2.74. The van der Waals surface area contributed by atoms with E-state index in [2.05, 4.69) is 3.27 Å². The first-order chi connectivity index (χ1) is 17.9. The number of fused-ring (bicyclic) bond motifs is 3. The van der Waals surface area contributed by atoms with E-state index in [-0.39, 0.29) is 0 Å². The van der Waals surface area contributed by atoms with Gasteiger partial charge in [0.05, 0.1) is 0 Å². The van der Waals surface area contributed by atoms with Gasteiger partial charge in [0.15, 0.2) is 0 Å². The van der Waals surface area contributed by atoms with Gasteiger partial charge in [0.1, 0.15) is 0 Å². The molecule has 3 nitrogen and oxygen atoms in total. The fourth-order valence-corrected chi connectivity index (χ4v) is 14.3. The van der Waals surface area contributed by atoms with Gasteiger partial charge in [-0.05, 0) is 0 Å². The van der Waals surface area contributed by atoms with Crippen molar-refractivity contribution in [3.05, 3.63) is 47.0 Å². The van der Waals surface area contributed by atoms with Crippen LogP contribution in [-0.2, 0) is 24.2 Å². The molecule has 0 radical (unpaired) electrons. The van der Waals surface area contributed by atoms with Crippen LogP contribution in [0.15, 0.2) is 24.3 Å². The van der Waals surface area contributed by atoms with Gasteiger partial charge in [0.25, 0.3) is 0 Å². The van der Waals surface area contributed by atoms with Crippen LogP contribution in [0.25, 0.3) is 11.1 Å². The molecule has 41 heavy (non-hydrogen) atoms. The Labute approximate surface area is 229 Å². The minimum absolute atomic E-state index is 0.297. The third-order valence-corrected chi connectivity index (χ3v) is 15.7. The van der Waals surface area contributed by atoms with Crippen molar-refractivity contribution < 1.29 is 64.4 Å². The zero-order valence-corrected chi connectivity index (χ0v) is 24.4. The molecule has 0 bridgehead atoms. The normalized spacial score (nSPS) is 17.3. The molecule has 17 heteroatoms. The van der Waals surface area contributed by atoms with E-state index in [9.17, 15) is 43.5 Å². The fourth-order valence-electron chi connectivity index (χ4n) is 4.18. The molecule has 0 saturated carbocycles. The summed E-state index contributed by atoms with van der Waals surface area (Å²) in [6.45, 7) is 7.49. The summed E-state index contributed by atoms with van der Waals surface area (Å²) >= 11 is -7.69. The third-order valence-electron chi connectivity index (χ3n) is 6.22. The summed E-state index contributed by atoms with van der Waals surface area (Å²) in [7, 11) is -7.33. The average molecular weight is 697 g/mol. The second-order valence-electron chi connectivity index (χ2n) is 11.3. The summed E-state index contributed by atoms with van der Waals surface area (Å²) in [5.74, 6) is -9.70. The van der Waals surface area contributed by atoms with E-state index in [1.54, 1.807) is 0 Å². The Bertz CT molecular complexity index is 1430. The molecule has 2 aromatic rings. The molecular formula is C24H22F12O3SSe. The Kier molecular flexibility index (Phi) is 7.58. The second-order valence-corrected chi connectivity index (χ2v) is 18.9. The van der Waals surface area contributed by atoms with Gasteiger partial charge in [0.2, 0.25) is 0 Å². The van der Waals surface area contributed by atoms with Crippen LogP contribution in [0.4, 0.5) is 52.7 Å². The summed E-state index contributed by atoms with van der Waals surface area (Å²) < 4.78 is 198. The van der Waals surface area contributed by atoms with Crippen LogP contribution < -0.4 is 8.92 Å². The van der Waals surface area contributed by atoms with Crippen LogP contribution in [0.2, 0.25) is 0 Å². The number of alkyl halides is 10. The Hall–Kier alpha value is -1.97. The number of benzene rings is 2. The van der Waals surface area contributed by atoms with Gasteiger partial charge in [-0.2, -0.15) is 0 Å². The van der Waals surface area contributed by atoms with Crippen molar-refractivity contribution in [3.8, 4) is 11.1 Å². The predicted molar refractivity (Wildman–Crippen MR) is 126 cm³/mol. The molecule has 1 aliphatic heterocycles. The van der Waals surface area contributed by atoms with Crippen molar-refractivity contribution >= 4 is 32.2 Å². The number of hydrogen-bond acceptors (Lipinski definition) is 3. The molecule has 0 fully saturated rings. The second kappa shape index (κ2) is 9.26. The van der Waals surface area contributed by atoms with E-state index in [0.717, 1.165) is 0 Å². The summed E-state index contributed by atoms with van der Waals surface area (Å²) in [6.07, 6.45) is -7.13. The minimum atomic E-state index is -7.69. The van der Waals surface area contributed by atoms with E-state index >= 15 is 17.6 Å². The monoisotopic (exact) mass is 698 g/mol. The fraction of sp³-hybridized carbons (Fsp3) is 0.500. The van der Waals surface area contributed by atoms with E-state index in [1.165, 1.54) is 41.5 Å². The molecule has 2 aromatic carbocycles. The molecule has 0 amide bonds. The predicted octanol–water partition coefficient (Wildman–Crippen LogP) is 6.84. The van der Waals surface area contributed by atoms with Crippen LogP contribution in [0, 0.1) is 11.6 Å². The summed E-state index contributed by atoms with van der Waals surface area (Å²) in [4.78, 5) is -6.71. The van der Waals surface area contributed by atoms with Crippen LogP contribution in [0.1, 0.15) is 52.7 Å². The standard InChI is InChI=1S/C24H22F12O3SSe/c1-19(2,3)13-9-17-11(7-15(13)25)12-8-16(26)14(20(4,5)6)10-18(12)41(17,39-40(37,38)24(34,35)36)23(32,33)21(27,28)22(29,30)31/h7-10H,1-6H3. The van der Waals surface area contributed by atoms with Gasteiger partial charge in [-0.15, -0.1) is 0 Å². The van der Waals surface area contributed by atoms with Gasteiger partial charge in [-0.1, -0.05) is 0 Å². The van der Waals surface area contributed by atoms with Gasteiger partial charge < -0.3 is 0 Å². The van der Waals surface area contributed by atoms with Crippen LogP contribution in [0.3, 0.4) is 0 Å². The first kappa shape index (κ1) is 33.5. The maximum absolute atomic E-state index is 16.0. The van der Waals surface area contributed by atoms with E-state index in [0.29, 0.717) is 24.3 Å². The van der Waals surface area contributed by atoms with Gasteiger partial charge in [-0.25, -0.2) is 0 Å². The first-order valence-corrected chi connectivity index (χ1v) is 16.0. The topological polar surface area (TPSA) is 43.4 Å². The number of rotatable bonds is 4. The third kappa shape index (κ3) is 4.93. The van der Waals surface area contributed by atoms with Crippen molar-refractivity contribution in [2.75, 3.05) is 0 Å². The molecule has 0 aliphatic carbocycles. The Morgan fingerprint density at radius 3 is 1.24 bits per heavy atom. The van der Waals surface area contributed by atoms with Crippen molar-refractivity contribution in [1.82, 2.24) is 0 Å². The first-order valence-electron chi connectivity index (χ1n) is 11.3. The van der Waals surface area contributed by atoms with Crippen LogP contribution >= 0.6 is 0 Å². The molecule has 0 saturated heterocycles. The van der Waals surface area contributed by atoms with Crippen LogP contribution in [-0.4, -0.2) is 44.0 Å². The van der Waals surface area contributed by atoms with Crippen LogP contribution in [0.5, 0.6) is 0 Å². The molecule has 0 atom stereocenters. The van der Waals surface area contributed by atoms with Crippen molar-refractivity contribution in [2.24, 2.45) is 0 Å². The summed E-state index contributed by atoms with van der Waals surface area (Å²) in [6, 6.07) is 1.28. The number of hydrogen-bond donors (Lipinski definition) is 0. The average Bonchev–Trinajstić information content (AvgIpc) is 2.98. The Morgan fingerprint density at radius 2 is 0.976 bits per heavy atom. The van der Waals surface area contributed by atoms with E-state index < -0.39 is 99.4 Å². The summed E-state index contributed by atoms with van der Waals surface area (Å²) in [5, 5.41) is 0. The zero-order chi connectivity index (χ0) is 32.2. The molecule has 1 heterocycles. The van der Waals surface area contributed by atoms with Crippen molar-refractivity contribution in [3.63, 3.8) is 0 Å². The van der Waals surface area contributed by atoms with Crippen molar-refractivity contribution in [1.29, 1.82) is 0 Å². The molecule has 0 aromatic heterocycles. The molecule has 232 valence electrons. The molecule has 3 rings (SSSR count). The maximum atomic E-state index is 16.0. The van der Waals surface area contributed by atoms with E-state index in [1.807, 2.05) is 0 Å². The molecule has 1 aliphatic rings. The quantitative estimate of drug-likeness (QED) is 0.200. The summed E-state index contributed by atoms with van der Waals surface area (Å²) in [5.41, 5.74) is -12.8. The zero-order valence-electron chi connectivity index (χ0n) is 21.9. The molecule has 0 unspecified atom stereocenters. The van der Waals surface area contributed by atoms with Crippen molar-refractivity contribution in [2.45, 2.75) is 74.8 Å². The van der Waals surface area contributed by atoms with Gasteiger partial charge in [0, 0.05) is 0 Å². The van der Waals surface area contributed by atoms with Gasteiger partial charge in [-0.3, -0.25) is 0 Å². The van der Waals surface area contributed by atoms with E-state index in [4.69, 9.17) is 0 Å². The van der Waals surface area contributed by atoms with Gasteiger partial charge >= 0.3 is 230 Å².